The van der Waals surface area contributed by atoms with E-state index in [0.717, 1.165) is 15.4 Å². The molecule has 0 aromatic heterocycles. The van der Waals surface area contributed by atoms with Crippen LogP contribution in [0.15, 0.2) is 71.6 Å². The summed E-state index contributed by atoms with van der Waals surface area (Å²) >= 11 is 6.23. The number of aryl methyl sites for hydroxylation is 2. The molecular weight excluding hydrogens is 464 g/mol. The zero-order valence-electron chi connectivity index (χ0n) is 18.3. The summed E-state index contributed by atoms with van der Waals surface area (Å²) in [6.07, 6.45) is 0. The van der Waals surface area contributed by atoms with Gasteiger partial charge in [0.15, 0.2) is 0 Å². The quantitative estimate of drug-likeness (QED) is 0.493. The second kappa shape index (κ2) is 10.1. The van der Waals surface area contributed by atoms with E-state index < -0.39 is 28.4 Å². The molecule has 0 aliphatic carbocycles. The van der Waals surface area contributed by atoms with E-state index in [0.29, 0.717) is 16.3 Å². The van der Waals surface area contributed by atoms with Gasteiger partial charge in [-0.25, -0.2) is 13.2 Å². The highest BCUT2D eigenvalue weighted by Crippen LogP contribution is 2.28. The molecule has 0 saturated heterocycles. The molecule has 0 unspecified atom stereocenters. The molecule has 1 amide bonds. The molecule has 0 aliphatic rings. The van der Waals surface area contributed by atoms with Crippen LogP contribution in [0, 0.1) is 13.8 Å². The molecule has 0 heterocycles. The Kier molecular flexibility index (Phi) is 7.40. The van der Waals surface area contributed by atoms with E-state index in [9.17, 15) is 18.0 Å². The normalized spacial score (nSPS) is 11.0. The van der Waals surface area contributed by atoms with Crippen molar-refractivity contribution in [3.63, 3.8) is 0 Å². The first-order chi connectivity index (χ1) is 15.6. The van der Waals surface area contributed by atoms with Gasteiger partial charge in [0.2, 0.25) is 5.91 Å². The Bertz CT molecular complexity index is 1270. The smallest absolute Gasteiger partial charge is 0.337 e. The Labute approximate surface area is 198 Å². The van der Waals surface area contributed by atoms with Crippen molar-refractivity contribution in [1.29, 1.82) is 0 Å². The molecule has 1 N–H and O–H groups in total. The van der Waals surface area contributed by atoms with Gasteiger partial charge in [0.1, 0.15) is 6.54 Å². The summed E-state index contributed by atoms with van der Waals surface area (Å²) in [5, 5.41) is 3.04. The molecule has 33 heavy (non-hydrogen) atoms. The SMILES string of the molecule is COC(=O)c1ccc(NC(=O)CN(c2ccc(C)c(Cl)c2)S(=O)(=O)c2ccc(C)cc2)cc1. The molecule has 0 atom stereocenters. The molecule has 0 bridgehead atoms. The average Bonchev–Trinajstić information content (AvgIpc) is 2.79. The monoisotopic (exact) mass is 486 g/mol. The van der Waals surface area contributed by atoms with Crippen LogP contribution in [0.4, 0.5) is 11.4 Å². The first-order valence-corrected chi connectivity index (χ1v) is 11.8. The Hall–Kier alpha value is -3.36. The van der Waals surface area contributed by atoms with Crippen LogP contribution in [0.25, 0.3) is 0 Å². The van der Waals surface area contributed by atoms with Gasteiger partial charge in [-0.1, -0.05) is 35.4 Å². The standard InChI is InChI=1S/C24H23ClN2O5S/c1-16-4-12-21(13-5-16)33(30,31)27(20-11-6-17(2)22(25)14-20)15-23(28)26-19-9-7-18(8-10-19)24(29)32-3/h4-14H,15H2,1-3H3,(H,26,28). The number of ether oxygens (including phenoxy) is 1. The lowest BCUT2D eigenvalue weighted by Gasteiger charge is -2.24. The number of esters is 1. The highest BCUT2D eigenvalue weighted by Gasteiger charge is 2.27. The lowest BCUT2D eigenvalue weighted by atomic mass is 10.2. The average molecular weight is 487 g/mol. The van der Waals surface area contributed by atoms with E-state index in [4.69, 9.17) is 11.6 Å². The number of rotatable bonds is 7. The fraction of sp³-hybridized carbons (Fsp3) is 0.167. The van der Waals surface area contributed by atoms with E-state index in [1.165, 1.54) is 49.6 Å². The lowest BCUT2D eigenvalue weighted by Crippen LogP contribution is -2.38. The number of carbonyl (C=O) groups is 2. The Morgan fingerprint density at radius 3 is 2.18 bits per heavy atom. The number of sulfonamides is 1. The van der Waals surface area contributed by atoms with Crippen LogP contribution >= 0.6 is 11.6 Å². The fourth-order valence-electron chi connectivity index (χ4n) is 3.03. The molecule has 0 aliphatic heterocycles. The van der Waals surface area contributed by atoms with Gasteiger partial charge >= 0.3 is 5.97 Å². The van der Waals surface area contributed by atoms with Gasteiger partial charge in [0.25, 0.3) is 10.0 Å². The first-order valence-electron chi connectivity index (χ1n) is 9.95. The van der Waals surface area contributed by atoms with Gasteiger partial charge in [0, 0.05) is 10.7 Å². The number of carbonyl (C=O) groups excluding carboxylic acids is 2. The molecular formula is C24H23ClN2O5S. The van der Waals surface area contributed by atoms with Gasteiger partial charge in [-0.15, -0.1) is 0 Å². The Balaban J connectivity index is 1.91. The third kappa shape index (κ3) is 5.71. The van der Waals surface area contributed by atoms with Crippen molar-refractivity contribution in [1.82, 2.24) is 0 Å². The van der Waals surface area contributed by atoms with Crippen LogP contribution in [-0.4, -0.2) is 33.9 Å². The summed E-state index contributed by atoms with van der Waals surface area (Å²) in [4.78, 5) is 24.4. The number of nitrogens with one attached hydrogen (secondary N) is 1. The van der Waals surface area contributed by atoms with Crippen LogP contribution in [0.5, 0.6) is 0 Å². The van der Waals surface area contributed by atoms with Gasteiger partial charge in [0.05, 0.1) is 23.3 Å². The number of halogens is 1. The third-order valence-electron chi connectivity index (χ3n) is 4.93. The second-order valence-electron chi connectivity index (χ2n) is 7.38. The van der Waals surface area contributed by atoms with Gasteiger partial charge in [-0.3, -0.25) is 9.10 Å². The zero-order chi connectivity index (χ0) is 24.2. The van der Waals surface area contributed by atoms with E-state index >= 15 is 0 Å². The highest BCUT2D eigenvalue weighted by atomic mass is 35.5. The predicted octanol–water partition coefficient (Wildman–Crippen LogP) is 4.58. The van der Waals surface area contributed by atoms with Gasteiger partial charge < -0.3 is 10.1 Å². The summed E-state index contributed by atoms with van der Waals surface area (Å²) < 4.78 is 32.5. The van der Waals surface area contributed by atoms with Crippen molar-refractivity contribution in [2.45, 2.75) is 18.7 Å². The number of amides is 1. The predicted molar refractivity (Wildman–Crippen MR) is 128 cm³/mol. The Morgan fingerprint density at radius 2 is 1.61 bits per heavy atom. The van der Waals surface area contributed by atoms with E-state index in [1.807, 2.05) is 6.92 Å². The number of hydrogen-bond donors (Lipinski definition) is 1. The first kappa shape index (κ1) is 24.3. The summed E-state index contributed by atoms with van der Waals surface area (Å²) in [5.41, 5.74) is 2.69. The van der Waals surface area contributed by atoms with Crippen molar-refractivity contribution in [3.05, 3.63) is 88.4 Å². The maximum atomic E-state index is 13.4. The van der Waals surface area contributed by atoms with Gasteiger partial charge in [-0.05, 0) is 67.9 Å². The van der Waals surface area contributed by atoms with Crippen LogP contribution in [0.3, 0.4) is 0 Å². The molecule has 9 heteroatoms. The molecule has 172 valence electrons. The molecule has 0 spiro atoms. The number of anilines is 2. The van der Waals surface area contributed by atoms with E-state index in [1.54, 1.807) is 31.2 Å². The van der Waals surface area contributed by atoms with Crippen molar-refractivity contribution >= 4 is 44.9 Å². The van der Waals surface area contributed by atoms with Crippen molar-refractivity contribution in [2.24, 2.45) is 0 Å². The maximum absolute atomic E-state index is 13.4. The second-order valence-corrected chi connectivity index (χ2v) is 9.64. The molecule has 0 fully saturated rings. The minimum Gasteiger partial charge on any atom is -0.465 e. The summed E-state index contributed by atoms with van der Waals surface area (Å²) in [6, 6.07) is 17.3. The van der Waals surface area contributed by atoms with Crippen molar-refractivity contribution < 1.29 is 22.7 Å². The van der Waals surface area contributed by atoms with E-state index in [-0.39, 0.29) is 10.6 Å². The molecule has 3 aromatic rings. The maximum Gasteiger partial charge on any atom is 0.337 e. The van der Waals surface area contributed by atoms with E-state index in [2.05, 4.69) is 10.1 Å². The van der Waals surface area contributed by atoms with Crippen molar-refractivity contribution in [2.75, 3.05) is 23.3 Å². The summed E-state index contributed by atoms with van der Waals surface area (Å²) in [7, 11) is -2.78. The minimum atomic E-state index is -4.06. The fourth-order valence-corrected chi connectivity index (χ4v) is 4.62. The number of nitrogens with zero attached hydrogens (tertiary/aromatic N) is 1. The number of methoxy groups -OCH3 is 1. The largest absolute Gasteiger partial charge is 0.465 e. The number of hydrogen-bond acceptors (Lipinski definition) is 5. The minimum absolute atomic E-state index is 0.0556. The number of benzene rings is 3. The van der Waals surface area contributed by atoms with Crippen molar-refractivity contribution in [3.8, 4) is 0 Å². The summed E-state index contributed by atoms with van der Waals surface area (Å²) in [5.74, 6) is -1.06. The molecule has 3 rings (SSSR count). The van der Waals surface area contributed by atoms with Crippen LogP contribution < -0.4 is 9.62 Å². The Morgan fingerprint density at radius 1 is 0.970 bits per heavy atom. The van der Waals surface area contributed by atoms with Crippen LogP contribution in [0.2, 0.25) is 5.02 Å². The highest BCUT2D eigenvalue weighted by molar-refractivity contribution is 7.92. The summed E-state index contributed by atoms with van der Waals surface area (Å²) in [6.45, 7) is 3.18. The topological polar surface area (TPSA) is 92.8 Å². The van der Waals surface area contributed by atoms with Gasteiger partial charge in [-0.2, -0.15) is 0 Å². The molecule has 7 nitrogen and oxygen atoms in total. The zero-order valence-corrected chi connectivity index (χ0v) is 19.9. The molecule has 3 aromatic carbocycles. The molecule has 0 radical (unpaired) electrons. The van der Waals surface area contributed by atoms with Crippen LogP contribution in [0.1, 0.15) is 21.5 Å². The third-order valence-corrected chi connectivity index (χ3v) is 7.12. The van der Waals surface area contributed by atoms with Crippen LogP contribution in [-0.2, 0) is 19.6 Å². The lowest BCUT2D eigenvalue weighted by molar-refractivity contribution is -0.114. The molecule has 0 saturated carbocycles.